The van der Waals surface area contributed by atoms with Crippen molar-refractivity contribution in [2.45, 2.75) is 6.92 Å². The molecule has 22 heavy (non-hydrogen) atoms. The summed E-state index contributed by atoms with van der Waals surface area (Å²) in [6.07, 6.45) is 3.18. The van der Waals surface area contributed by atoms with E-state index in [0.717, 1.165) is 5.56 Å². The average Bonchev–Trinajstić information content (AvgIpc) is 2.51. The molecule has 1 aromatic heterocycles. The van der Waals surface area contributed by atoms with Crippen molar-refractivity contribution in [3.8, 4) is 5.75 Å². The number of rotatable bonds is 4. The minimum absolute atomic E-state index is 0.276. The van der Waals surface area contributed by atoms with Crippen molar-refractivity contribution < 1.29 is 9.53 Å². The molecule has 0 aliphatic carbocycles. The summed E-state index contributed by atoms with van der Waals surface area (Å²) in [5.74, 6) is 0.224. The fourth-order valence-electron chi connectivity index (χ4n) is 2.04. The Bertz CT molecular complexity index is 747. The number of hydrogen-bond acceptors (Lipinski definition) is 3. The van der Waals surface area contributed by atoms with Gasteiger partial charge in [-0.3, -0.25) is 4.79 Å². The van der Waals surface area contributed by atoms with Crippen molar-refractivity contribution in [3.63, 3.8) is 0 Å². The van der Waals surface area contributed by atoms with E-state index in [-0.39, 0.29) is 11.6 Å². The smallest absolute Gasteiger partial charge is 0.274 e. The van der Waals surface area contributed by atoms with E-state index in [9.17, 15) is 4.79 Å². The first-order chi connectivity index (χ1) is 10.5. The molecule has 2 aromatic rings. The topological polar surface area (TPSA) is 51.2 Å². The minimum atomic E-state index is -0.355. The van der Waals surface area contributed by atoms with Gasteiger partial charge in [0.05, 0.1) is 17.8 Å². The molecule has 4 nitrogen and oxygen atoms in total. The predicted octanol–water partition coefficient (Wildman–Crippen LogP) is 4.71. The van der Waals surface area contributed by atoms with Gasteiger partial charge in [-0.15, -0.1) is 0 Å². The summed E-state index contributed by atoms with van der Waals surface area (Å²) in [7, 11) is 1.54. The van der Waals surface area contributed by atoms with E-state index < -0.39 is 0 Å². The lowest BCUT2D eigenvalue weighted by molar-refractivity contribution is 0.102. The number of carbonyl (C=O) groups excluding carboxylic acids is 1. The standard InChI is InChI=1S/C16H14BrClN2O2/c1-4-10-8-19-14(9(2)15(10)22-3)16(21)20-12-7-5-6-11(17)13(12)18/h4-8H,1H2,2-3H3,(H,20,21). The average molecular weight is 382 g/mol. The number of ether oxygens (including phenoxy) is 1. The van der Waals surface area contributed by atoms with Crippen LogP contribution in [-0.4, -0.2) is 18.0 Å². The van der Waals surface area contributed by atoms with E-state index in [1.54, 1.807) is 44.5 Å². The van der Waals surface area contributed by atoms with Crippen LogP contribution in [-0.2, 0) is 0 Å². The lowest BCUT2D eigenvalue weighted by atomic mass is 10.1. The Balaban J connectivity index is 2.38. The van der Waals surface area contributed by atoms with E-state index in [1.165, 1.54) is 0 Å². The first-order valence-electron chi connectivity index (χ1n) is 6.41. The number of methoxy groups -OCH3 is 1. The van der Waals surface area contributed by atoms with Gasteiger partial charge in [0.25, 0.3) is 5.91 Å². The number of amides is 1. The molecule has 0 atom stereocenters. The van der Waals surface area contributed by atoms with Gasteiger partial charge in [0.1, 0.15) is 11.4 Å². The molecule has 0 spiro atoms. The highest BCUT2D eigenvalue weighted by molar-refractivity contribution is 9.10. The van der Waals surface area contributed by atoms with Crippen LogP contribution < -0.4 is 10.1 Å². The largest absolute Gasteiger partial charge is 0.496 e. The molecule has 0 unspecified atom stereocenters. The third kappa shape index (κ3) is 3.15. The first-order valence-corrected chi connectivity index (χ1v) is 7.58. The Labute approximate surface area is 142 Å². The van der Waals surface area contributed by atoms with Gasteiger partial charge in [0.15, 0.2) is 0 Å². The van der Waals surface area contributed by atoms with E-state index in [2.05, 4.69) is 32.8 Å². The van der Waals surface area contributed by atoms with Gasteiger partial charge in [0, 0.05) is 21.8 Å². The molecule has 1 aromatic carbocycles. The van der Waals surface area contributed by atoms with Crippen LogP contribution in [0.5, 0.6) is 5.75 Å². The summed E-state index contributed by atoms with van der Waals surface area (Å²) in [5, 5.41) is 3.19. The number of nitrogens with zero attached hydrogens (tertiary/aromatic N) is 1. The summed E-state index contributed by atoms with van der Waals surface area (Å²) < 4.78 is 6.03. The van der Waals surface area contributed by atoms with Crippen molar-refractivity contribution in [1.82, 2.24) is 4.98 Å². The second-order valence-electron chi connectivity index (χ2n) is 4.48. The van der Waals surface area contributed by atoms with Crippen molar-refractivity contribution in [2.24, 2.45) is 0 Å². The first kappa shape index (κ1) is 16.5. The van der Waals surface area contributed by atoms with Gasteiger partial charge in [-0.05, 0) is 35.0 Å². The SMILES string of the molecule is C=Cc1cnc(C(=O)Nc2cccc(Br)c2Cl)c(C)c1OC. The lowest BCUT2D eigenvalue weighted by Crippen LogP contribution is -2.16. The molecule has 0 aliphatic heterocycles. The molecule has 0 fully saturated rings. The van der Waals surface area contributed by atoms with Gasteiger partial charge in [-0.25, -0.2) is 4.98 Å². The third-order valence-corrected chi connectivity index (χ3v) is 4.43. The van der Waals surface area contributed by atoms with Gasteiger partial charge >= 0.3 is 0 Å². The Morgan fingerprint density at radius 1 is 1.50 bits per heavy atom. The Morgan fingerprint density at radius 3 is 2.86 bits per heavy atom. The maximum atomic E-state index is 12.4. The second kappa shape index (κ2) is 6.94. The lowest BCUT2D eigenvalue weighted by Gasteiger charge is -2.13. The van der Waals surface area contributed by atoms with Gasteiger partial charge in [-0.2, -0.15) is 0 Å². The number of aromatic nitrogens is 1. The van der Waals surface area contributed by atoms with Crippen molar-refractivity contribution >= 4 is 45.2 Å². The highest BCUT2D eigenvalue weighted by Gasteiger charge is 2.18. The van der Waals surface area contributed by atoms with Gasteiger partial charge in [0.2, 0.25) is 0 Å². The number of carbonyl (C=O) groups is 1. The summed E-state index contributed by atoms with van der Waals surface area (Å²) in [6.45, 7) is 5.48. The number of benzene rings is 1. The molecule has 1 heterocycles. The second-order valence-corrected chi connectivity index (χ2v) is 5.71. The summed E-state index contributed by atoms with van der Waals surface area (Å²) in [5.41, 5.74) is 2.16. The van der Waals surface area contributed by atoms with Crippen LogP contribution in [0.4, 0.5) is 5.69 Å². The summed E-state index contributed by atoms with van der Waals surface area (Å²) in [6, 6.07) is 5.30. The zero-order valence-electron chi connectivity index (χ0n) is 12.1. The normalized spacial score (nSPS) is 10.2. The summed E-state index contributed by atoms with van der Waals surface area (Å²) >= 11 is 9.47. The number of hydrogen-bond donors (Lipinski definition) is 1. The Morgan fingerprint density at radius 2 is 2.23 bits per heavy atom. The van der Waals surface area contributed by atoms with Gasteiger partial charge < -0.3 is 10.1 Å². The molecule has 2 rings (SSSR count). The third-order valence-electron chi connectivity index (χ3n) is 3.13. The Kier molecular flexibility index (Phi) is 5.21. The highest BCUT2D eigenvalue weighted by Crippen LogP contribution is 2.31. The molecule has 0 aliphatic rings. The Hall–Kier alpha value is -1.85. The zero-order chi connectivity index (χ0) is 16.3. The predicted molar refractivity (Wildman–Crippen MR) is 92.7 cm³/mol. The zero-order valence-corrected chi connectivity index (χ0v) is 14.5. The molecule has 0 bridgehead atoms. The molecular formula is C16H14BrClN2O2. The van der Waals surface area contributed by atoms with Crippen LogP contribution in [0.25, 0.3) is 6.08 Å². The number of anilines is 1. The molecule has 1 amide bonds. The quantitative estimate of drug-likeness (QED) is 0.834. The van der Waals surface area contributed by atoms with Crippen LogP contribution in [0.15, 0.2) is 35.4 Å². The maximum absolute atomic E-state index is 12.4. The van der Waals surface area contributed by atoms with Crippen molar-refractivity contribution in [3.05, 3.63) is 57.3 Å². The fraction of sp³-hybridized carbons (Fsp3) is 0.125. The van der Waals surface area contributed by atoms with E-state index >= 15 is 0 Å². The van der Waals surface area contributed by atoms with Crippen LogP contribution in [0.3, 0.4) is 0 Å². The van der Waals surface area contributed by atoms with Gasteiger partial charge in [-0.1, -0.05) is 30.3 Å². The van der Waals surface area contributed by atoms with Crippen LogP contribution in [0, 0.1) is 6.92 Å². The number of pyridine rings is 1. The molecule has 0 radical (unpaired) electrons. The molecular weight excluding hydrogens is 368 g/mol. The molecule has 6 heteroatoms. The molecule has 0 saturated carbocycles. The molecule has 0 saturated heterocycles. The van der Waals surface area contributed by atoms with Crippen LogP contribution in [0.2, 0.25) is 5.02 Å². The minimum Gasteiger partial charge on any atom is -0.496 e. The van der Waals surface area contributed by atoms with Crippen LogP contribution in [0.1, 0.15) is 21.6 Å². The van der Waals surface area contributed by atoms with Crippen molar-refractivity contribution in [2.75, 3.05) is 12.4 Å². The monoisotopic (exact) mass is 380 g/mol. The molecule has 1 N–H and O–H groups in total. The maximum Gasteiger partial charge on any atom is 0.274 e. The number of nitrogens with one attached hydrogen (secondary N) is 1. The van der Waals surface area contributed by atoms with E-state index in [0.29, 0.717) is 26.5 Å². The van der Waals surface area contributed by atoms with E-state index in [4.69, 9.17) is 16.3 Å². The van der Waals surface area contributed by atoms with Crippen LogP contribution >= 0.6 is 27.5 Å². The van der Waals surface area contributed by atoms with E-state index in [1.807, 2.05) is 0 Å². The number of halogens is 2. The van der Waals surface area contributed by atoms with Crippen molar-refractivity contribution in [1.29, 1.82) is 0 Å². The highest BCUT2D eigenvalue weighted by atomic mass is 79.9. The fourth-order valence-corrected chi connectivity index (χ4v) is 2.58. The summed E-state index contributed by atoms with van der Waals surface area (Å²) in [4.78, 5) is 16.6. The molecule has 114 valence electrons.